The number of alkyl halides is 4. The molecule has 1 N–H and O–H groups in total. The predicted octanol–water partition coefficient (Wildman–Crippen LogP) is 2.64. The molecule has 16 heavy (non-hydrogen) atoms. The van der Waals surface area contributed by atoms with Gasteiger partial charge < -0.3 is 0 Å². The Kier molecular flexibility index (Phi) is 3.69. The maximum Gasteiger partial charge on any atom is 0.418 e. The predicted molar refractivity (Wildman–Crippen MR) is 54.7 cm³/mol. The molecule has 0 saturated heterocycles. The van der Waals surface area contributed by atoms with Crippen molar-refractivity contribution in [2.45, 2.75) is 6.18 Å². The van der Waals surface area contributed by atoms with Crippen molar-refractivity contribution < 1.29 is 21.6 Å². The number of halogens is 4. The number of hydrogen-bond donors (Lipinski definition) is 1. The number of nitrogens with one attached hydrogen (secondary N) is 1. The summed E-state index contributed by atoms with van der Waals surface area (Å²) in [6.45, 7) is 0. The van der Waals surface area contributed by atoms with Crippen molar-refractivity contribution in [1.82, 2.24) is 0 Å². The van der Waals surface area contributed by atoms with Gasteiger partial charge in [0.15, 0.2) is 0 Å². The molecule has 0 fully saturated rings. The number of para-hydroxylation sites is 1. The summed E-state index contributed by atoms with van der Waals surface area (Å²) in [6, 6.07) is 4.27. The van der Waals surface area contributed by atoms with E-state index in [2.05, 4.69) is 0 Å². The molecular formula is C8H7ClF3NO2S. The zero-order valence-corrected chi connectivity index (χ0v) is 9.33. The second-order valence-electron chi connectivity index (χ2n) is 2.87. The lowest BCUT2D eigenvalue weighted by Gasteiger charge is -2.13. The lowest BCUT2D eigenvalue weighted by atomic mass is 10.2. The number of sulfonamides is 1. The van der Waals surface area contributed by atoms with Crippen LogP contribution in [0.3, 0.4) is 0 Å². The SMILES string of the molecule is O=S(=O)(CCl)Nc1ccccc1C(F)(F)F. The van der Waals surface area contributed by atoms with Gasteiger partial charge in [0.1, 0.15) is 5.21 Å². The summed E-state index contributed by atoms with van der Waals surface area (Å²) in [4.78, 5) is 0. The molecule has 0 atom stereocenters. The van der Waals surface area contributed by atoms with Crippen LogP contribution in [-0.2, 0) is 16.2 Å². The first-order valence-corrected chi connectivity index (χ1v) is 6.17. The smallest absolute Gasteiger partial charge is 0.282 e. The van der Waals surface area contributed by atoms with Crippen molar-refractivity contribution in [1.29, 1.82) is 0 Å². The molecular weight excluding hydrogens is 267 g/mol. The van der Waals surface area contributed by atoms with Gasteiger partial charge in [-0.15, -0.1) is 11.6 Å². The Bertz CT molecular complexity index is 472. The summed E-state index contributed by atoms with van der Waals surface area (Å²) >= 11 is 5.08. The van der Waals surface area contributed by atoms with E-state index in [0.29, 0.717) is 0 Å². The van der Waals surface area contributed by atoms with Gasteiger partial charge in [-0.2, -0.15) is 13.2 Å². The molecule has 0 aliphatic carbocycles. The highest BCUT2D eigenvalue weighted by Gasteiger charge is 2.33. The zero-order valence-electron chi connectivity index (χ0n) is 7.75. The standard InChI is InChI=1S/C8H7ClF3NO2S/c9-5-16(14,15)13-7-4-2-1-3-6(7)8(10,11)12/h1-4,13H,5H2. The normalized spacial score (nSPS) is 12.5. The van der Waals surface area contributed by atoms with Crippen LogP contribution < -0.4 is 4.72 Å². The Morgan fingerprint density at radius 1 is 1.25 bits per heavy atom. The molecule has 0 radical (unpaired) electrons. The maximum atomic E-state index is 12.5. The minimum Gasteiger partial charge on any atom is -0.282 e. The van der Waals surface area contributed by atoms with E-state index >= 15 is 0 Å². The molecule has 0 bridgehead atoms. The lowest BCUT2D eigenvalue weighted by Crippen LogP contribution is -2.17. The zero-order chi connectivity index (χ0) is 12.4. The Morgan fingerprint density at radius 2 is 1.81 bits per heavy atom. The largest absolute Gasteiger partial charge is 0.418 e. The molecule has 0 amide bonds. The van der Waals surface area contributed by atoms with Gasteiger partial charge >= 0.3 is 6.18 Å². The number of anilines is 1. The molecule has 90 valence electrons. The average Bonchev–Trinajstić information content (AvgIpc) is 2.16. The first kappa shape index (κ1) is 13.1. The van der Waals surface area contributed by atoms with E-state index < -0.39 is 32.7 Å². The van der Waals surface area contributed by atoms with Gasteiger partial charge in [0.05, 0.1) is 11.3 Å². The van der Waals surface area contributed by atoms with E-state index in [9.17, 15) is 21.6 Å². The van der Waals surface area contributed by atoms with Crippen LogP contribution in [-0.4, -0.2) is 13.6 Å². The van der Waals surface area contributed by atoms with Crippen LogP contribution in [0.15, 0.2) is 24.3 Å². The van der Waals surface area contributed by atoms with Crippen molar-refractivity contribution in [2.24, 2.45) is 0 Å². The fourth-order valence-corrected chi connectivity index (χ4v) is 1.75. The lowest BCUT2D eigenvalue weighted by molar-refractivity contribution is -0.136. The van der Waals surface area contributed by atoms with Crippen molar-refractivity contribution in [3.05, 3.63) is 29.8 Å². The van der Waals surface area contributed by atoms with E-state index in [1.54, 1.807) is 4.72 Å². The van der Waals surface area contributed by atoms with Gasteiger partial charge in [-0.1, -0.05) is 12.1 Å². The second kappa shape index (κ2) is 4.50. The third kappa shape index (κ3) is 3.28. The van der Waals surface area contributed by atoms with Crippen LogP contribution in [0.4, 0.5) is 18.9 Å². The van der Waals surface area contributed by atoms with E-state index in [0.717, 1.165) is 12.1 Å². The Morgan fingerprint density at radius 3 is 2.31 bits per heavy atom. The van der Waals surface area contributed by atoms with E-state index in [-0.39, 0.29) is 0 Å². The van der Waals surface area contributed by atoms with E-state index in [1.807, 2.05) is 0 Å². The summed E-state index contributed by atoms with van der Waals surface area (Å²) < 4.78 is 61.2. The van der Waals surface area contributed by atoms with Crippen molar-refractivity contribution in [2.75, 3.05) is 9.93 Å². The van der Waals surface area contributed by atoms with Gasteiger partial charge in [0, 0.05) is 0 Å². The van der Waals surface area contributed by atoms with Gasteiger partial charge in [-0.3, -0.25) is 4.72 Å². The number of hydrogen-bond acceptors (Lipinski definition) is 2. The Labute approximate surface area is 95.3 Å². The first-order chi connectivity index (χ1) is 7.26. The highest BCUT2D eigenvalue weighted by atomic mass is 35.5. The number of benzene rings is 1. The van der Waals surface area contributed by atoms with E-state index in [1.165, 1.54) is 12.1 Å². The number of rotatable bonds is 3. The summed E-state index contributed by atoms with van der Waals surface area (Å²) in [6.07, 6.45) is -4.62. The molecule has 0 spiro atoms. The molecule has 1 rings (SSSR count). The quantitative estimate of drug-likeness (QED) is 0.861. The Hall–Kier alpha value is -0.950. The van der Waals surface area contributed by atoms with Crippen LogP contribution in [0.25, 0.3) is 0 Å². The second-order valence-corrected chi connectivity index (χ2v) is 5.18. The van der Waals surface area contributed by atoms with E-state index in [4.69, 9.17) is 11.6 Å². The topological polar surface area (TPSA) is 46.2 Å². The van der Waals surface area contributed by atoms with Gasteiger partial charge in [0.25, 0.3) is 0 Å². The van der Waals surface area contributed by atoms with Crippen LogP contribution in [0.1, 0.15) is 5.56 Å². The molecule has 3 nitrogen and oxygen atoms in total. The fraction of sp³-hybridized carbons (Fsp3) is 0.250. The third-order valence-corrected chi connectivity index (χ3v) is 3.32. The summed E-state index contributed by atoms with van der Waals surface area (Å²) in [5, 5.41) is -0.806. The van der Waals surface area contributed by atoms with Crippen molar-refractivity contribution in [3.8, 4) is 0 Å². The van der Waals surface area contributed by atoms with Gasteiger partial charge in [0.2, 0.25) is 10.0 Å². The minimum atomic E-state index is -4.62. The van der Waals surface area contributed by atoms with Gasteiger partial charge in [-0.05, 0) is 12.1 Å². The molecule has 0 heterocycles. The Balaban J connectivity index is 3.16. The molecule has 8 heteroatoms. The average molecular weight is 274 g/mol. The molecule has 0 aliphatic heterocycles. The molecule has 0 saturated carbocycles. The molecule has 0 unspecified atom stereocenters. The molecule has 0 aromatic heterocycles. The third-order valence-electron chi connectivity index (χ3n) is 1.64. The van der Waals surface area contributed by atoms with Crippen molar-refractivity contribution >= 4 is 27.3 Å². The van der Waals surface area contributed by atoms with Crippen LogP contribution in [0.5, 0.6) is 0 Å². The summed E-state index contributed by atoms with van der Waals surface area (Å²) in [7, 11) is -3.94. The molecule has 0 aliphatic rings. The highest BCUT2D eigenvalue weighted by molar-refractivity contribution is 7.93. The monoisotopic (exact) mass is 273 g/mol. The summed E-state index contributed by atoms with van der Waals surface area (Å²) in [5.74, 6) is 0. The fourth-order valence-electron chi connectivity index (χ4n) is 1.01. The van der Waals surface area contributed by atoms with Crippen LogP contribution in [0.2, 0.25) is 0 Å². The first-order valence-electron chi connectivity index (χ1n) is 3.99. The maximum absolute atomic E-state index is 12.5. The van der Waals surface area contributed by atoms with Crippen LogP contribution >= 0.6 is 11.6 Å². The molecule has 1 aromatic carbocycles. The van der Waals surface area contributed by atoms with Crippen LogP contribution in [0, 0.1) is 0 Å². The van der Waals surface area contributed by atoms with Crippen molar-refractivity contribution in [3.63, 3.8) is 0 Å². The summed E-state index contributed by atoms with van der Waals surface area (Å²) in [5.41, 5.74) is -1.58. The minimum absolute atomic E-state index is 0.532. The molecule has 1 aromatic rings. The highest BCUT2D eigenvalue weighted by Crippen LogP contribution is 2.34. The van der Waals surface area contributed by atoms with Gasteiger partial charge in [-0.25, -0.2) is 8.42 Å².